The topological polar surface area (TPSA) is 119 Å². The average Bonchev–Trinajstić information content (AvgIpc) is 3.84. The molecule has 9 aromatic carbocycles. The number of fused-ring (bicyclic) bond motifs is 3. The van der Waals surface area contributed by atoms with Gasteiger partial charge in [0.25, 0.3) is 0 Å². The van der Waals surface area contributed by atoms with Gasteiger partial charge in [-0.3, -0.25) is 0 Å². The largest absolute Gasteiger partial charge is 0.308 e. The molecule has 0 bridgehead atoms. The molecule has 0 fully saturated rings. The summed E-state index contributed by atoms with van der Waals surface area (Å²) in [4.78, 5) is 37.0. The third-order valence-electron chi connectivity index (χ3n) is 13.3. The third-order valence-corrected chi connectivity index (χ3v) is 13.3. The van der Waals surface area contributed by atoms with Crippen molar-refractivity contribution in [1.29, 1.82) is 5.26 Å². The summed E-state index contributed by atoms with van der Waals surface area (Å²) in [6.07, 6.45) is 0. The van der Waals surface area contributed by atoms with E-state index in [0.29, 0.717) is 51.5 Å². The molecule has 0 unspecified atom stereocenters. The van der Waals surface area contributed by atoms with E-state index in [-0.39, 0.29) is 0 Å². The van der Waals surface area contributed by atoms with Crippen LogP contribution in [0, 0.1) is 11.3 Å². The maximum Gasteiger partial charge on any atom is 0.164 e. The maximum atomic E-state index is 11.1. The summed E-state index contributed by atoms with van der Waals surface area (Å²) in [5, 5.41) is 13.1. The number of hydrogen-bond donors (Lipinski definition) is 0. The molecule has 0 radical (unpaired) electrons. The molecule has 0 amide bonds. The van der Waals surface area contributed by atoms with Crippen LogP contribution in [0.4, 0.5) is 0 Å². The average molecular weight is 960 g/mol. The summed E-state index contributed by atoms with van der Waals surface area (Å²) in [7, 11) is 0. The van der Waals surface area contributed by atoms with Crippen molar-refractivity contribution in [2.24, 2.45) is 0 Å². The Hall–Kier alpha value is -10.6. The highest BCUT2D eigenvalue weighted by Crippen LogP contribution is 2.43. The van der Waals surface area contributed by atoms with Gasteiger partial charge in [-0.2, -0.15) is 5.26 Å². The molecule has 0 saturated carbocycles. The molecule has 0 aliphatic carbocycles. The number of hydrogen-bond acceptors (Lipinski definition) is 8. The van der Waals surface area contributed by atoms with Crippen molar-refractivity contribution >= 4 is 21.8 Å². The van der Waals surface area contributed by atoms with Gasteiger partial charge < -0.3 is 4.57 Å². The zero-order valence-electron chi connectivity index (χ0n) is 40.2. The third kappa shape index (κ3) is 8.54. The summed E-state index contributed by atoms with van der Waals surface area (Å²) < 4.78 is 2.25. The normalized spacial score (nSPS) is 11.2. The second-order valence-corrected chi connectivity index (χ2v) is 18.0. The molecule has 0 saturated heterocycles. The predicted octanol–water partition coefficient (Wildman–Crippen LogP) is 15.4. The molecule has 9 nitrogen and oxygen atoms in total. The minimum Gasteiger partial charge on any atom is -0.308 e. The first-order chi connectivity index (χ1) is 37.1. The minimum absolute atomic E-state index is 0.391. The van der Waals surface area contributed by atoms with Crippen LogP contribution in [0.5, 0.6) is 0 Å². The lowest BCUT2D eigenvalue weighted by atomic mass is 9.99. The van der Waals surface area contributed by atoms with Crippen molar-refractivity contribution < 1.29 is 0 Å². The van der Waals surface area contributed by atoms with Crippen LogP contribution in [-0.2, 0) is 0 Å². The molecule has 0 aliphatic heterocycles. The molecular formula is C66H41N9. The number of nitriles is 1. The van der Waals surface area contributed by atoms with Crippen molar-refractivity contribution in [3.05, 3.63) is 254 Å². The molecule has 350 valence electrons. The highest BCUT2D eigenvalue weighted by Gasteiger charge is 2.26. The molecule has 75 heavy (non-hydrogen) atoms. The molecule has 0 spiro atoms. The van der Waals surface area contributed by atoms with Gasteiger partial charge >= 0.3 is 0 Å². The van der Waals surface area contributed by atoms with E-state index in [2.05, 4.69) is 95.6 Å². The van der Waals surface area contributed by atoms with Gasteiger partial charge in [-0.05, 0) is 36.4 Å². The number of benzene rings is 9. The van der Waals surface area contributed by atoms with E-state index in [1.54, 1.807) is 0 Å². The van der Waals surface area contributed by atoms with Crippen LogP contribution >= 0.6 is 0 Å². The maximum absolute atomic E-state index is 11.1. The van der Waals surface area contributed by atoms with Gasteiger partial charge in [0.15, 0.2) is 29.1 Å². The summed E-state index contributed by atoms with van der Waals surface area (Å²) in [6.45, 7) is 0. The van der Waals surface area contributed by atoms with E-state index in [9.17, 15) is 5.26 Å². The fourth-order valence-electron chi connectivity index (χ4n) is 9.73. The quantitative estimate of drug-likeness (QED) is 0.133. The van der Waals surface area contributed by atoms with Crippen molar-refractivity contribution in [1.82, 2.24) is 39.5 Å². The van der Waals surface area contributed by atoms with E-state index in [1.807, 2.05) is 164 Å². The summed E-state index contributed by atoms with van der Waals surface area (Å²) in [5.74, 6) is 2.48. The number of aromatic nitrogens is 8. The molecule has 13 aromatic rings. The summed E-state index contributed by atoms with van der Waals surface area (Å²) in [6, 6.07) is 85.5. The van der Waals surface area contributed by atoms with E-state index < -0.39 is 0 Å². The molecule has 9 heteroatoms. The first-order valence-corrected chi connectivity index (χ1v) is 24.6. The Morgan fingerprint density at radius 3 is 1.03 bits per heavy atom. The highest BCUT2D eigenvalue weighted by molar-refractivity contribution is 6.11. The van der Waals surface area contributed by atoms with Crippen molar-refractivity contribution in [3.63, 3.8) is 0 Å². The zero-order valence-corrected chi connectivity index (χ0v) is 40.2. The second kappa shape index (κ2) is 19.2. The van der Waals surface area contributed by atoms with Gasteiger partial charge in [0, 0.05) is 60.8 Å². The van der Waals surface area contributed by atoms with E-state index in [1.165, 1.54) is 0 Å². The van der Waals surface area contributed by atoms with Crippen LogP contribution in [0.15, 0.2) is 249 Å². The Morgan fingerprint density at radius 2 is 0.627 bits per heavy atom. The monoisotopic (exact) mass is 959 g/mol. The fourth-order valence-corrected chi connectivity index (χ4v) is 9.73. The molecule has 0 N–H and O–H groups in total. The van der Waals surface area contributed by atoms with E-state index in [0.717, 1.165) is 83.5 Å². The molecule has 0 aliphatic rings. The van der Waals surface area contributed by atoms with E-state index >= 15 is 0 Å². The molecule has 4 aromatic heterocycles. The Morgan fingerprint density at radius 1 is 0.280 bits per heavy atom. The summed E-state index contributed by atoms with van der Waals surface area (Å²) in [5.41, 5.74) is 13.2. The number of rotatable bonds is 10. The van der Waals surface area contributed by atoms with Gasteiger partial charge in [0.1, 0.15) is 0 Å². The van der Waals surface area contributed by atoms with Gasteiger partial charge in [-0.1, -0.05) is 212 Å². The van der Waals surface area contributed by atoms with Crippen LogP contribution in [0.1, 0.15) is 5.56 Å². The van der Waals surface area contributed by atoms with Crippen LogP contribution in [0.3, 0.4) is 0 Å². The SMILES string of the molecule is N#Cc1cc(-c2nc(-c3ccccc3)cc(-c3ccccc3)n2)c(-n2c3ccccc3c3ccc(-c4nc(-c5ccccc5)nc(-c5ccccc5)n4)cc32)c(-c2nc(-c3ccccc3)cc(-c3ccccc3)n2)c1. The van der Waals surface area contributed by atoms with Crippen LogP contribution in [0.2, 0.25) is 0 Å². The number of nitrogens with zero attached hydrogens (tertiary/aromatic N) is 9. The Balaban J connectivity index is 1.15. The standard InChI is InChI=1S/C66H41N9/c67-42-43-37-53(65-68-55(44-21-7-1-8-22-44)40-56(69-65)45-23-9-2-10-24-45)61(54(38-43)66-70-57(46-25-11-3-12-26-46)41-58(71-66)47-27-13-4-14-28-47)75-59-34-20-19-33-51(59)52-36-35-50(39-60(52)75)64-73-62(48-29-15-5-16-30-48)72-63(74-64)49-31-17-6-18-32-49/h1-41H. The van der Waals surface area contributed by atoms with Gasteiger partial charge in [0.2, 0.25) is 0 Å². The molecule has 0 atom stereocenters. The smallest absolute Gasteiger partial charge is 0.164 e. The first-order valence-electron chi connectivity index (χ1n) is 24.6. The Kier molecular flexibility index (Phi) is 11.4. The zero-order chi connectivity index (χ0) is 50.1. The second-order valence-electron chi connectivity index (χ2n) is 18.0. The van der Waals surface area contributed by atoms with Gasteiger partial charge in [-0.15, -0.1) is 0 Å². The minimum atomic E-state index is 0.391. The highest BCUT2D eigenvalue weighted by atomic mass is 15.0. The molecule has 13 rings (SSSR count). The first kappa shape index (κ1) is 44.4. The molecular weight excluding hydrogens is 919 g/mol. The van der Waals surface area contributed by atoms with Crippen LogP contribution in [0.25, 0.3) is 129 Å². The van der Waals surface area contributed by atoms with Gasteiger partial charge in [-0.25, -0.2) is 34.9 Å². The lowest BCUT2D eigenvalue weighted by Gasteiger charge is -2.20. The van der Waals surface area contributed by atoms with E-state index in [4.69, 9.17) is 34.9 Å². The lowest BCUT2D eigenvalue weighted by molar-refractivity contribution is 1.07. The fraction of sp³-hybridized carbons (Fsp3) is 0. The van der Waals surface area contributed by atoms with Gasteiger partial charge in [0.05, 0.1) is 51.1 Å². The van der Waals surface area contributed by atoms with Crippen LogP contribution < -0.4 is 0 Å². The Labute approximate surface area is 432 Å². The van der Waals surface area contributed by atoms with Crippen LogP contribution in [-0.4, -0.2) is 39.5 Å². The number of para-hydroxylation sites is 1. The van der Waals surface area contributed by atoms with Crippen molar-refractivity contribution in [2.45, 2.75) is 0 Å². The van der Waals surface area contributed by atoms with Crippen molar-refractivity contribution in [2.75, 3.05) is 0 Å². The summed E-state index contributed by atoms with van der Waals surface area (Å²) >= 11 is 0. The van der Waals surface area contributed by atoms with Crippen molar-refractivity contribution in [3.8, 4) is 114 Å². The lowest BCUT2D eigenvalue weighted by Crippen LogP contribution is -2.07. The molecule has 4 heterocycles. The Bertz CT molecular complexity index is 3950. The predicted molar refractivity (Wildman–Crippen MR) is 299 cm³/mol.